The van der Waals surface area contributed by atoms with Gasteiger partial charge in [-0.15, -0.1) is 0 Å². The van der Waals surface area contributed by atoms with Crippen molar-refractivity contribution in [3.63, 3.8) is 0 Å². The summed E-state index contributed by atoms with van der Waals surface area (Å²) in [5.41, 5.74) is 0. The third-order valence-corrected chi connectivity index (χ3v) is 11.9. The summed E-state index contributed by atoms with van der Waals surface area (Å²) >= 11 is 0. The van der Waals surface area contributed by atoms with E-state index in [0.29, 0.717) is 5.75 Å². The van der Waals surface area contributed by atoms with Crippen LogP contribution in [0, 0.1) is 0 Å². The average molecular weight is 417 g/mol. The number of benzene rings is 1. The maximum absolute atomic E-state index is 11.5. The summed E-state index contributed by atoms with van der Waals surface area (Å²) in [5.74, 6) is 1.49. The van der Waals surface area contributed by atoms with Gasteiger partial charge < -0.3 is 0 Å². The molecule has 0 saturated carbocycles. The molecule has 0 bridgehead atoms. The van der Waals surface area contributed by atoms with Crippen LogP contribution in [0.15, 0.2) is 24.3 Å². The molecule has 1 aromatic rings. The summed E-state index contributed by atoms with van der Waals surface area (Å²) in [7, 11) is -3.80. The van der Waals surface area contributed by atoms with Crippen molar-refractivity contribution in [2.45, 2.75) is 104 Å². The molecule has 0 aliphatic carbocycles. The van der Waals surface area contributed by atoms with Gasteiger partial charge in [0.1, 0.15) is 0 Å². The second kappa shape index (κ2) is 7.81. The van der Waals surface area contributed by atoms with Crippen LogP contribution in [0.3, 0.4) is 0 Å². The first kappa shape index (κ1) is 24.7. The Kier molecular flexibility index (Phi) is 7.14. The zero-order valence-corrected chi connectivity index (χ0v) is 21.4. The van der Waals surface area contributed by atoms with Crippen LogP contribution in [0.1, 0.15) is 83.1 Å². The molecule has 0 aliphatic rings. The quantitative estimate of drug-likeness (QED) is 0.513. The fraction of sp³-hybridized carbons (Fsp3) is 0.727. The van der Waals surface area contributed by atoms with E-state index in [-0.39, 0.29) is 20.6 Å². The molecule has 1 aromatic carbocycles. The molecule has 1 rings (SSSR count). The molecule has 5 heteroatoms. The molecule has 0 saturated heterocycles. The Bertz CT molecular complexity index is 601. The van der Waals surface area contributed by atoms with Gasteiger partial charge >= 0.3 is 169 Å². The van der Waals surface area contributed by atoms with Crippen LogP contribution >= 0.6 is 15.9 Å². The predicted molar refractivity (Wildman–Crippen MR) is 124 cm³/mol. The first-order valence-corrected chi connectivity index (χ1v) is 12.9. The molecule has 0 heterocycles. The van der Waals surface area contributed by atoms with Crippen molar-refractivity contribution in [3.05, 3.63) is 24.3 Å². The van der Waals surface area contributed by atoms with Gasteiger partial charge in [0.05, 0.1) is 0 Å². The third-order valence-electron chi connectivity index (χ3n) is 4.52. The minimum atomic E-state index is -3.08. The van der Waals surface area contributed by atoms with Crippen molar-refractivity contribution >= 4 is 15.9 Å². The summed E-state index contributed by atoms with van der Waals surface area (Å²) in [6.45, 7) is 25.7. The molecule has 0 spiro atoms. The predicted octanol–water partition coefficient (Wildman–Crippen LogP) is 7.61. The summed E-state index contributed by atoms with van der Waals surface area (Å²) < 4.78 is 12.8. The van der Waals surface area contributed by atoms with Crippen molar-refractivity contribution in [1.82, 2.24) is 0 Å². The van der Waals surface area contributed by atoms with Gasteiger partial charge in [0, 0.05) is 0 Å². The number of rotatable bonds is 4. The Labute approximate surface area is 169 Å². The van der Waals surface area contributed by atoms with Gasteiger partial charge in [0.2, 0.25) is 0 Å². The van der Waals surface area contributed by atoms with Crippen molar-refractivity contribution < 1.29 is 13.9 Å². The van der Waals surface area contributed by atoms with Crippen LogP contribution < -0.4 is 9.05 Å². The Morgan fingerprint density at radius 3 is 1.52 bits per heavy atom. The van der Waals surface area contributed by atoms with Crippen LogP contribution in [-0.4, -0.2) is 25.5 Å². The van der Waals surface area contributed by atoms with Gasteiger partial charge in [-0.3, -0.25) is 0 Å². The van der Waals surface area contributed by atoms with Crippen molar-refractivity contribution in [1.29, 1.82) is 0 Å². The molecule has 3 nitrogen and oxygen atoms in total. The Balaban J connectivity index is 3.23. The molecule has 0 amide bonds. The molecule has 0 fully saturated rings. The maximum atomic E-state index is 11.5. The zero-order valence-electron chi connectivity index (χ0n) is 19.5. The van der Waals surface area contributed by atoms with Crippen LogP contribution in [0.2, 0.25) is 0 Å². The molecule has 0 aliphatic heterocycles. The van der Waals surface area contributed by atoms with Crippen molar-refractivity contribution in [2.24, 2.45) is 0 Å². The van der Waals surface area contributed by atoms with Gasteiger partial charge in [0.15, 0.2) is 0 Å². The van der Waals surface area contributed by atoms with Crippen LogP contribution in [0.4, 0.5) is 0 Å². The van der Waals surface area contributed by atoms with Gasteiger partial charge in [-0.05, 0) is 0 Å². The summed E-state index contributed by atoms with van der Waals surface area (Å²) in [6, 6.07) is 7.78. The van der Waals surface area contributed by atoms with E-state index < -0.39 is 15.9 Å². The van der Waals surface area contributed by atoms with Crippen LogP contribution in [-0.2, 0) is 0 Å². The molecule has 0 radical (unpaired) electrons. The Morgan fingerprint density at radius 1 is 0.741 bits per heavy atom. The average Bonchev–Trinajstić information content (AvgIpc) is 2.40. The van der Waals surface area contributed by atoms with E-state index in [0.717, 1.165) is 5.75 Å². The van der Waals surface area contributed by atoms with Crippen molar-refractivity contribution in [3.8, 4) is 11.5 Å². The molecular weight excluding hydrogens is 374 g/mol. The molecule has 158 valence electrons. The van der Waals surface area contributed by atoms with E-state index in [9.17, 15) is 4.89 Å². The summed E-state index contributed by atoms with van der Waals surface area (Å²) in [6.07, 6.45) is 0. The SMILES string of the molecule is CC(C)(C)P(Oc1cccc(O[PH](O)(C(C)(C)C)C(C)(C)C)c1)C(C)(C)C. The molecule has 1 N–H and O–H groups in total. The first-order valence-electron chi connectivity index (χ1n) is 9.79. The van der Waals surface area contributed by atoms with E-state index in [2.05, 4.69) is 83.1 Å². The molecule has 27 heavy (non-hydrogen) atoms. The van der Waals surface area contributed by atoms with E-state index in [4.69, 9.17) is 9.05 Å². The molecular formula is C22H42O3P2. The fourth-order valence-corrected chi connectivity index (χ4v) is 9.80. The Hall–Kier alpha value is -0.360. The molecule has 0 atom stereocenters. The van der Waals surface area contributed by atoms with E-state index in [1.165, 1.54) is 0 Å². The molecule has 0 unspecified atom stereocenters. The Morgan fingerprint density at radius 2 is 1.15 bits per heavy atom. The van der Waals surface area contributed by atoms with Gasteiger partial charge in [-0.2, -0.15) is 0 Å². The topological polar surface area (TPSA) is 38.7 Å². The van der Waals surface area contributed by atoms with E-state index in [1.807, 2.05) is 24.3 Å². The second-order valence-corrected chi connectivity index (χ2v) is 19.4. The third kappa shape index (κ3) is 6.06. The molecule has 0 aromatic heterocycles. The number of hydrogen-bond donors (Lipinski definition) is 1. The summed E-state index contributed by atoms with van der Waals surface area (Å²) in [4.78, 5) is 11.5. The normalized spacial score (nSPS) is 15.0. The minimum absolute atomic E-state index is 0.0662. The fourth-order valence-electron chi connectivity index (χ4n) is 3.58. The monoisotopic (exact) mass is 416 g/mol. The first-order chi connectivity index (χ1) is 11.8. The van der Waals surface area contributed by atoms with Gasteiger partial charge in [0.25, 0.3) is 0 Å². The van der Waals surface area contributed by atoms with E-state index in [1.54, 1.807) is 0 Å². The van der Waals surface area contributed by atoms with Crippen molar-refractivity contribution in [2.75, 3.05) is 0 Å². The van der Waals surface area contributed by atoms with Crippen LogP contribution in [0.25, 0.3) is 0 Å². The van der Waals surface area contributed by atoms with E-state index >= 15 is 0 Å². The summed E-state index contributed by atoms with van der Waals surface area (Å²) in [5, 5.41) is -0.495. The standard InChI is InChI=1S/C22H42O3P2/c1-19(2,3)26(20(4,5)6)24-17-14-13-15-18(16-17)25-27(23,21(7,8)9)22(10,11)12/h13-16,23,27H,1-12H3. The second-order valence-electron chi connectivity index (χ2n) is 11.4. The van der Waals surface area contributed by atoms with Gasteiger partial charge in [-0.1, -0.05) is 0 Å². The van der Waals surface area contributed by atoms with Crippen LogP contribution in [0.5, 0.6) is 11.5 Å². The number of hydrogen-bond acceptors (Lipinski definition) is 3. The zero-order chi connectivity index (χ0) is 21.5. The van der Waals surface area contributed by atoms with Gasteiger partial charge in [-0.25, -0.2) is 0 Å².